The van der Waals surface area contributed by atoms with Crippen LogP contribution in [0.5, 0.6) is 0 Å². The van der Waals surface area contributed by atoms with Crippen molar-refractivity contribution in [2.75, 3.05) is 0 Å². The minimum Gasteiger partial charge on any atom is -0.480 e. The van der Waals surface area contributed by atoms with Crippen LogP contribution in [0.3, 0.4) is 0 Å². The lowest BCUT2D eigenvalue weighted by Crippen LogP contribution is -2.41. The summed E-state index contributed by atoms with van der Waals surface area (Å²) in [6.07, 6.45) is 5.14. The SMILES string of the molecule is C/C=C\C=C1\SC(=S)N([C@@H](C)C(=O)O)C1=O. The maximum atomic E-state index is 11.8. The van der Waals surface area contributed by atoms with Gasteiger partial charge in [-0.1, -0.05) is 36.1 Å². The number of thiocarbonyl (C=S) groups is 1. The first-order valence-electron chi connectivity index (χ1n) is 4.60. The van der Waals surface area contributed by atoms with Gasteiger partial charge in [-0.3, -0.25) is 9.69 Å². The number of thioether (sulfide) groups is 1. The Labute approximate surface area is 103 Å². The zero-order valence-corrected chi connectivity index (χ0v) is 10.5. The van der Waals surface area contributed by atoms with E-state index in [1.54, 1.807) is 18.2 Å². The fraction of sp³-hybridized carbons (Fsp3) is 0.300. The molecule has 1 amide bonds. The minimum absolute atomic E-state index is 0.288. The summed E-state index contributed by atoms with van der Waals surface area (Å²) < 4.78 is 0.288. The van der Waals surface area contributed by atoms with Gasteiger partial charge < -0.3 is 5.11 Å². The molecule has 0 radical (unpaired) electrons. The van der Waals surface area contributed by atoms with Crippen LogP contribution in [0.4, 0.5) is 0 Å². The number of nitrogens with zero attached hydrogens (tertiary/aromatic N) is 1. The molecule has 86 valence electrons. The zero-order chi connectivity index (χ0) is 12.3. The molecular formula is C10H11NO3S2. The van der Waals surface area contributed by atoms with E-state index in [4.69, 9.17) is 17.3 Å². The van der Waals surface area contributed by atoms with Crippen LogP contribution in [0.15, 0.2) is 23.1 Å². The first kappa shape index (κ1) is 12.9. The Hall–Kier alpha value is -1.14. The summed E-state index contributed by atoms with van der Waals surface area (Å²) in [6.45, 7) is 3.27. The number of carboxylic acids is 1. The molecule has 1 saturated heterocycles. The Morgan fingerprint density at radius 2 is 2.25 bits per heavy atom. The van der Waals surface area contributed by atoms with Gasteiger partial charge in [0.1, 0.15) is 10.4 Å². The van der Waals surface area contributed by atoms with E-state index in [-0.39, 0.29) is 10.2 Å². The lowest BCUT2D eigenvalue weighted by atomic mass is 10.3. The number of rotatable bonds is 3. The fourth-order valence-electron chi connectivity index (χ4n) is 1.12. The third-order valence-electron chi connectivity index (χ3n) is 2.01. The largest absolute Gasteiger partial charge is 0.480 e. The van der Waals surface area contributed by atoms with E-state index in [1.165, 1.54) is 6.92 Å². The number of carbonyl (C=O) groups is 2. The molecule has 1 heterocycles. The van der Waals surface area contributed by atoms with Crippen molar-refractivity contribution in [1.82, 2.24) is 4.90 Å². The van der Waals surface area contributed by atoms with Crippen molar-refractivity contribution >= 4 is 40.2 Å². The number of aliphatic carboxylic acids is 1. The van der Waals surface area contributed by atoms with Gasteiger partial charge in [-0.2, -0.15) is 0 Å². The van der Waals surface area contributed by atoms with Gasteiger partial charge in [-0.25, -0.2) is 4.79 Å². The fourth-order valence-corrected chi connectivity index (χ4v) is 2.49. The van der Waals surface area contributed by atoms with Crippen molar-refractivity contribution in [2.45, 2.75) is 19.9 Å². The van der Waals surface area contributed by atoms with Crippen LogP contribution in [0.1, 0.15) is 13.8 Å². The predicted octanol–water partition coefficient (Wildman–Crippen LogP) is 1.78. The normalized spacial score (nSPS) is 21.1. The van der Waals surface area contributed by atoms with Crippen molar-refractivity contribution < 1.29 is 14.7 Å². The first-order chi connectivity index (χ1) is 7.49. The summed E-state index contributed by atoms with van der Waals surface area (Å²) in [5.41, 5.74) is 0. The number of hydrogen-bond donors (Lipinski definition) is 1. The van der Waals surface area contributed by atoms with Crippen LogP contribution < -0.4 is 0 Å². The lowest BCUT2D eigenvalue weighted by molar-refractivity contribution is -0.144. The van der Waals surface area contributed by atoms with E-state index in [1.807, 2.05) is 6.92 Å². The number of carboxylic acid groups (broad SMARTS) is 1. The highest BCUT2D eigenvalue weighted by atomic mass is 32.2. The molecule has 0 aromatic rings. The number of hydrogen-bond acceptors (Lipinski definition) is 4. The molecule has 0 spiro atoms. The van der Waals surface area contributed by atoms with Crippen LogP contribution in [0, 0.1) is 0 Å². The van der Waals surface area contributed by atoms with Crippen LogP contribution in [0.25, 0.3) is 0 Å². The second-order valence-corrected chi connectivity index (χ2v) is 4.79. The summed E-state index contributed by atoms with van der Waals surface area (Å²) in [5, 5.41) is 8.84. The predicted molar refractivity (Wildman–Crippen MR) is 67.0 cm³/mol. The quantitative estimate of drug-likeness (QED) is 0.617. The van der Waals surface area contributed by atoms with Gasteiger partial charge in [0, 0.05) is 0 Å². The number of carbonyl (C=O) groups excluding carboxylic acids is 1. The molecule has 0 aliphatic carbocycles. The first-order valence-corrected chi connectivity index (χ1v) is 5.82. The van der Waals surface area contributed by atoms with E-state index in [9.17, 15) is 9.59 Å². The van der Waals surface area contributed by atoms with Gasteiger partial charge in [0.15, 0.2) is 0 Å². The molecule has 0 bridgehead atoms. The maximum Gasteiger partial charge on any atom is 0.326 e. The van der Waals surface area contributed by atoms with Gasteiger partial charge in [-0.05, 0) is 19.9 Å². The standard InChI is InChI=1S/C10H11NO3S2/c1-3-4-5-7-8(12)11(10(15)16-7)6(2)9(13)14/h3-6H,1-2H3,(H,13,14)/b4-3-,7-5+/t6-/m0/s1. The Kier molecular flexibility index (Phi) is 4.26. The zero-order valence-electron chi connectivity index (χ0n) is 8.84. The van der Waals surface area contributed by atoms with Crippen molar-refractivity contribution in [1.29, 1.82) is 0 Å². The Bertz CT molecular complexity index is 401. The van der Waals surface area contributed by atoms with Crippen LogP contribution in [0.2, 0.25) is 0 Å². The van der Waals surface area contributed by atoms with Gasteiger partial charge in [0.25, 0.3) is 5.91 Å². The van der Waals surface area contributed by atoms with Gasteiger partial charge >= 0.3 is 5.97 Å². The molecular weight excluding hydrogens is 246 g/mol. The van der Waals surface area contributed by atoms with E-state index < -0.39 is 12.0 Å². The highest BCUT2D eigenvalue weighted by Crippen LogP contribution is 2.32. The third-order valence-corrected chi connectivity index (χ3v) is 3.36. The highest BCUT2D eigenvalue weighted by molar-refractivity contribution is 8.26. The van der Waals surface area contributed by atoms with Gasteiger partial charge in [0.2, 0.25) is 0 Å². The molecule has 1 rings (SSSR count). The molecule has 1 fully saturated rings. The molecule has 1 N–H and O–H groups in total. The summed E-state index contributed by atoms with van der Waals surface area (Å²) >= 11 is 6.10. The molecule has 6 heteroatoms. The molecule has 1 aliphatic rings. The number of allylic oxidation sites excluding steroid dienone is 3. The van der Waals surface area contributed by atoms with Gasteiger partial charge in [0.05, 0.1) is 4.91 Å². The molecule has 0 aromatic heterocycles. The Balaban J connectivity index is 2.96. The van der Waals surface area contributed by atoms with Crippen molar-refractivity contribution in [3.63, 3.8) is 0 Å². The van der Waals surface area contributed by atoms with Crippen LogP contribution in [-0.2, 0) is 9.59 Å². The summed E-state index contributed by atoms with van der Waals surface area (Å²) in [7, 11) is 0. The molecule has 4 nitrogen and oxygen atoms in total. The highest BCUT2D eigenvalue weighted by Gasteiger charge is 2.37. The molecule has 1 aliphatic heterocycles. The third kappa shape index (κ3) is 2.51. The van der Waals surface area contributed by atoms with E-state index in [0.29, 0.717) is 4.91 Å². The average Bonchev–Trinajstić information content (AvgIpc) is 2.50. The van der Waals surface area contributed by atoms with Crippen molar-refractivity contribution in [3.05, 3.63) is 23.1 Å². The second-order valence-electron chi connectivity index (χ2n) is 3.11. The van der Waals surface area contributed by atoms with E-state index in [2.05, 4.69) is 0 Å². The molecule has 1 atom stereocenters. The molecule has 0 aromatic carbocycles. The minimum atomic E-state index is -1.07. The van der Waals surface area contributed by atoms with Crippen molar-refractivity contribution in [2.24, 2.45) is 0 Å². The number of amides is 1. The Morgan fingerprint density at radius 1 is 1.62 bits per heavy atom. The smallest absolute Gasteiger partial charge is 0.326 e. The average molecular weight is 257 g/mol. The second kappa shape index (κ2) is 5.27. The topological polar surface area (TPSA) is 57.6 Å². The van der Waals surface area contributed by atoms with Gasteiger partial charge in [-0.15, -0.1) is 0 Å². The summed E-state index contributed by atoms with van der Waals surface area (Å²) in [6, 6.07) is -0.927. The monoisotopic (exact) mass is 257 g/mol. The van der Waals surface area contributed by atoms with E-state index >= 15 is 0 Å². The van der Waals surface area contributed by atoms with E-state index in [0.717, 1.165) is 16.7 Å². The molecule has 16 heavy (non-hydrogen) atoms. The Morgan fingerprint density at radius 3 is 2.75 bits per heavy atom. The maximum absolute atomic E-state index is 11.8. The summed E-state index contributed by atoms with van der Waals surface area (Å²) in [5.74, 6) is -1.41. The van der Waals surface area contributed by atoms with Crippen LogP contribution in [-0.4, -0.2) is 32.2 Å². The van der Waals surface area contributed by atoms with Crippen LogP contribution >= 0.6 is 24.0 Å². The lowest BCUT2D eigenvalue weighted by Gasteiger charge is -2.18. The summed E-state index contributed by atoms with van der Waals surface area (Å²) in [4.78, 5) is 24.2. The molecule has 0 saturated carbocycles. The van der Waals surface area contributed by atoms with Crippen molar-refractivity contribution in [3.8, 4) is 0 Å². The molecule has 0 unspecified atom stereocenters.